The third kappa shape index (κ3) is 38.6. The number of ether oxygens (including phenoxy) is 4. The quantitative estimate of drug-likeness (QED) is 0.0261. The molecule has 0 heterocycles. The summed E-state index contributed by atoms with van der Waals surface area (Å²) in [6, 6.07) is 0. The van der Waals surface area contributed by atoms with E-state index in [0.717, 1.165) is 38.5 Å². The van der Waals surface area contributed by atoms with Crippen LogP contribution in [0.25, 0.3) is 0 Å². The molecule has 0 spiro atoms. The van der Waals surface area contributed by atoms with Crippen LogP contribution in [0, 0.1) is 0 Å². The van der Waals surface area contributed by atoms with Gasteiger partial charge in [0, 0.05) is 12.8 Å². The number of hydrogen-bond donors (Lipinski definition) is 0. The molecule has 0 aliphatic carbocycles. The minimum Gasteiger partial charge on any atom is -0.545 e. The van der Waals surface area contributed by atoms with E-state index in [-0.39, 0.29) is 32.2 Å². The van der Waals surface area contributed by atoms with Gasteiger partial charge in [0.25, 0.3) is 0 Å². The number of carbonyl (C=O) groups is 3. The molecule has 320 valence electrons. The highest BCUT2D eigenvalue weighted by Gasteiger charge is 2.21. The average Bonchev–Trinajstić information content (AvgIpc) is 3.12. The number of unbranched alkanes of at least 4 members (excludes halogenated alkanes) is 27. The fourth-order valence-electron chi connectivity index (χ4n) is 6.54. The highest BCUT2D eigenvalue weighted by Crippen LogP contribution is 2.16. The number of rotatable bonds is 42. The Morgan fingerprint density at radius 2 is 0.833 bits per heavy atom. The van der Waals surface area contributed by atoms with E-state index in [4.69, 9.17) is 18.9 Å². The van der Waals surface area contributed by atoms with Crippen molar-refractivity contribution < 1.29 is 42.9 Å². The third-order valence-corrected chi connectivity index (χ3v) is 10.1. The van der Waals surface area contributed by atoms with Crippen LogP contribution in [0.3, 0.4) is 0 Å². The number of aliphatic carboxylic acids is 1. The predicted molar refractivity (Wildman–Crippen MR) is 219 cm³/mol. The first-order valence-electron chi connectivity index (χ1n) is 22.7. The van der Waals surface area contributed by atoms with Gasteiger partial charge in [0.15, 0.2) is 12.4 Å². The normalized spacial score (nSPS) is 12.8. The third-order valence-electron chi connectivity index (χ3n) is 10.1. The fourth-order valence-corrected chi connectivity index (χ4v) is 6.54. The van der Waals surface area contributed by atoms with Crippen LogP contribution in [-0.2, 0) is 33.3 Å². The van der Waals surface area contributed by atoms with E-state index >= 15 is 0 Å². The highest BCUT2D eigenvalue weighted by atomic mass is 16.7. The number of carboxylic acid groups (broad SMARTS) is 1. The van der Waals surface area contributed by atoms with E-state index in [1.807, 2.05) is 21.1 Å². The summed E-state index contributed by atoms with van der Waals surface area (Å²) in [6.45, 7) is 4.76. The van der Waals surface area contributed by atoms with Crippen molar-refractivity contribution in [3.63, 3.8) is 0 Å². The summed E-state index contributed by atoms with van der Waals surface area (Å²) in [5, 5.41) is 11.7. The maximum absolute atomic E-state index is 12.7. The molecule has 0 rings (SSSR count). The second-order valence-electron chi connectivity index (χ2n) is 16.7. The first-order valence-corrected chi connectivity index (χ1v) is 22.7. The number of hydrogen-bond acceptors (Lipinski definition) is 8. The monoisotopic (exact) mass is 770 g/mol. The molecule has 2 atom stereocenters. The molecule has 0 aliphatic heterocycles. The van der Waals surface area contributed by atoms with Crippen molar-refractivity contribution in [2.45, 2.75) is 225 Å². The van der Waals surface area contributed by atoms with Gasteiger partial charge < -0.3 is 33.3 Å². The van der Waals surface area contributed by atoms with Crippen LogP contribution in [0.2, 0.25) is 0 Å². The number of likely N-dealkylation sites (N-methyl/N-ethyl adjacent to an activating group) is 1. The van der Waals surface area contributed by atoms with E-state index in [9.17, 15) is 19.5 Å². The van der Waals surface area contributed by atoms with Crippen molar-refractivity contribution >= 4 is 17.9 Å². The zero-order valence-electron chi connectivity index (χ0n) is 36.1. The van der Waals surface area contributed by atoms with Gasteiger partial charge in [-0.2, -0.15) is 0 Å². The van der Waals surface area contributed by atoms with Crippen LogP contribution in [0.1, 0.15) is 213 Å². The Morgan fingerprint density at radius 1 is 0.481 bits per heavy atom. The van der Waals surface area contributed by atoms with Crippen LogP contribution in [0.4, 0.5) is 0 Å². The second-order valence-corrected chi connectivity index (χ2v) is 16.7. The average molecular weight is 770 g/mol. The molecule has 0 aromatic heterocycles. The minimum atomic E-state index is -1.61. The Bertz CT molecular complexity index is 861. The van der Waals surface area contributed by atoms with Gasteiger partial charge in [0.05, 0.1) is 40.3 Å². The van der Waals surface area contributed by atoms with Crippen LogP contribution < -0.4 is 5.11 Å². The lowest BCUT2D eigenvalue weighted by Gasteiger charge is -2.26. The Balaban J connectivity index is 4.36. The lowest BCUT2D eigenvalue weighted by molar-refractivity contribution is -0.870. The standard InChI is InChI=1S/C45H87NO8/c1-6-8-10-12-14-16-18-19-20-21-22-23-24-26-28-30-32-34-36-43(48)54-41(40-53-45(44(49)50)51-38-37-46(3,4)5)39-52-42(47)35-33-31-29-27-25-17-15-13-11-9-7-2/h41,45H,6-40H2,1-5H3. The van der Waals surface area contributed by atoms with Crippen LogP contribution in [-0.4, -0.2) is 82.3 Å². The summed E-state index contributed by atoms with van der Waals surface area (Å²) in [6.07, 6.45) is 34.1. The molecule has 0 radical (unpaired) electrons. The summed E-state index contributed by atoms with van der Waals surface area (Å²) >= 11 is 0. The van der Waals surface area contributed by atoms with E-state index in [1.54, 1.807) is 0 Å². The molecule has 54 heavy (non-hydrogen) atoms. The molecule has 0 aromatic rings. The summed E-state index contributed by atoms with van der Waals surface area (Å²) < 4.78 is 22.5. The molecule has 0 saturated carbocycles. The second kappa shape index (κ2) is 38.2. The van der Waals surface area contributed by atoms with Crippen molar-refractivity contribution in [2.24, 2.45) is 0 Å². The lowest BCUT2D eigenvalue weighted by Crippen LogP contribution is -2.44. The van der Waals surface area contributed by atoms with Crippen LogP contribution in [0.15, 0.2) is 0 Å². The van der Waals surface area contributed by atoms with Crippen molar-refractivity contribution in [3.8, 4) is 0 Å². The summed E-state index contributed by atoms with van der Waals surface area (Å²) in [5.41, 5.74) is 0. The Hall–Kier alpha value is -1.71. The fraction of sp³-hybridized carbons (Fsp3) is 0.933. The van der Waals surface area contributed by atoms with Crippen molar-refractivity contribution in [1.82, 2.24) is 0 Å². The SMILES string of the molecule is CCCCCCCCCCCCCCCCCCCCC(=O)OC(COC(=O)CCCCCCCCCCCCC)COC(OCC[N+](C)(C)C)C(=O)[O-]. The van der Waals surface area contributed by atoms with E-state index in [2.05, 4.69) is 13.8 Å². The lowest BCUT2D eigenvalue weighted by atomic mass is 10.0. The van der Waals surface area contributed by atoms with E-state index in [1.165, 1.54) is 148 Å². The maximum atomic E-state index is 12.7. The number of esters is 2. The topological polar surface area (TPSA) is 111 Å². The van der Waals surface area contributed by atoms with Gasteiger partial charge in [-0.3, -0.25) is 9.59 Å². The highest BCUT2D eigenvalue weighted by molar-refractivity contribution is 5.70. The van der Waals surface area contributed by atoms with Crippen LogP contribution in [0.5, 0.6) is 0 Å². The molecule has 0 amide bonds. The zero-order valence-corrected chi connectivity index (χ0v) is 36.1. The van der Waals surface area contributed by atoms with E-state index < -0.39 is 24.3 Å². The number of nitrogens with zero attached hydrogens (tertiary/aromatic N) is 1. The molecule has 2 unspecified atom stereocenters. The van der Waals surface area contributed by atoms with E-state index in [0.29, 0.717) is 17.4 Å². The molecule has 0 aliphatic rings. The number of quaternary nitrogens is 1. The van der Waals surface area contributed by atoms with Gasteiger partial charge in [-0.15, -0.1) is 0 Å². The van der Waals surface area contributed by atoms with Gasteiger partial charge in [0.2, 0.25) is 0 Å². The molecule has 9 nitrogen and oxygen atoms in total. The molecule has 0 bridgehead atoms. The minimum absolute atomic E-state index is 0.153. The molecule has 9 heteroatoms. The molecular formula is C45H87NO8. The Kier molecular flexibility index (Phi) is 37.0. The predicted octanol–water partition coefficient (Wildman–Crippen LogP) is 10.4. The number of carbonyl (C=O) groups excluding carboxylic acids is 3. The van der Waals surface area contributed by atoms with Crippen molar-refractivity contribution in [3.05, 3.63) is 0 Å². The van der Waals surface area contributed by atoms with Gasteiger partial charge >= 0.3 is 11.9 Å². The first-order chi connectivity index (χ1) is 26.1. The first kappa shape index (κ1) is 52.3. The Labute approximate surface area is 332 Å². The zero-order chi connectivity index (χ0) is 40.0. The smallest absolute Gasteiger partial charge is 0.306 e. The Morgan fingerprint density at radius 3 is 1.19 bits per heavy atom. The van der Waals surface area contributed by atoms with Gasteiger partial charge in [-0.05, 0) is 12.8 Å². The van der Waals surface area contributed by atoms with Crippen LogP contribution >= 0.6 is 0 Å². The van der Waals surface area contributed by atoms with Crippen molar-refractivity contribution in [2.75, 3.05) is 47.5 Å². The molecule has 0 N–H and O–H groups in total. The summed E-state index contributed by atoms with van der Waals surface area (Å²) in [5.74, 6) is -2.27. The molecule has 0 fully saturated rings. The molecule has 0 aromatic carbocycles. The summed E-state index contributed by atoms with van der Waals surface area (Å²) in [4.78, 5) is 36.9. The maximum Gasteiger partial charge on any atom is 0.306 e. The van der Waals surface area contributed by atoms with Gasteiger partial charge in [0.1, 0.15) is 13.2 Å². The molecular weight excluding hydrogens is 682 g/mol. The van der Waals surface area contributed by atoms with Gasteiger partial charge in [-0.25, -0.2) is 0 Å². The molecule has 0 saturated heterocycles. The number of carboxylic acids is 1. The summed E-state index contributed by atoms with van der Waals surface area (Å²) in [7, 11) is 5.91. The van der Waals surface area contributed by atoms with Crippen molar-refractivity contribution in [1.29, 1.82) is 0 Å². The van der Waals surface area contributed by atoms with Gasteiger partial charge in [-0.1, -0.05) is 187 Å². The largest absolute Gasteiger partial charge is 0.545 e.